The van der Waals surface area contributed by atoms with Crippen LogP contribution in [-0.4, -0.2) is 49.3 Å². The van der Waals surface area contributed by atoms with Crippen molar-refractivity contribution in [3.05, 3.63) is 35.5 Å². The van der Waals surface area contributed by atoms with Gasteiger partial charge in [0.25, 0.3) is 0 Å². The van der Waals surface area contributed by atoms with E-state index < -0.39 is 20.9 Å². The van der Waals surface area contributed by atoms with Crippen molar-refractivity contribution in [3.8, 4) is 11.8 Å². The Kier molecular flexibility index (Phi) is 5.67. The van der Waals surface area contributed by atoms with Crippen molar-refractivity contribution < 1.29 is 17.9 Å². The van der Waals surface area contributed by atoms with Crippen LogP contribution in [0, 0.1) is 18.3 Å². The second kappa shape index (κ2) is 7.58. The number of hydrogen-bond acceptors (Lipinski definition) is 6. The highest BCUT2D eigenvalue weighted by molar-refractivity contribution is 7.91. The van der Waals surface area contributed by atoms with Gasteiger partial charge in [-0.25, -0.2) is 13.2 Å². The molecule has 0 radical (unpaired) electrons. The van der Waals surface area contributed by atoms with Crippen molar-refractivity contribution in [3.63, 3.8) is 0 Å². The molecule has 0 aliphatic carbocycles. The molecular weight excluding hydrogens is 356 g/mol. The molecule has 9 heteroatoms. The number of amides is 1. The van der Waals surface area contributed by atoms with E-state index in [2.05, 4.69) is 5.10 Å². The molecule has 1 aromatic carbocycles. The molecule has 1 aromatic heterocycles. The molecule has 8 nitrogen and oxygen atoms in total. The molecule has 0 fully saturated rings. The van der Waals surface area contributed by atoms with Crippen molar-refractivity contribution in [2.45, 2.75) is 30.7 Å². The zero-order chi connectivity index (χ0) is 19.5. The molecule has 0 aliphatic heterocycles. The lowest BCUT2D eigenvalue weighted by atomic mass is 10.2. The number of carbonyl (C=O) groups excluding carboxylic acids is 1. The zero-order valence-electron chi connectivity index (χ0n) is 15.1. The highest BCUT2D eigenvalue weighted by atomic mass is 32.2. The number of benzene rings is 1. The fourth-order valence-corrected chi connectivity index (χ4v) is 4.28. The number of aryl methyl sites for hydroxylation is 1. The van der Waals surface area contributed by atoms with E-state index in [1.54, 1.807) is 39.0 Å². The standard InChI is InChI=1S/C17H20N4O4S/c1-5-20(6-2)17(22)21-11-13(10-18)16(19-21)26(23,24)15-12(3)8-7-9-14(15)25-4/h7-9,11H,5-6H2,1-4H3. The molecule has 0 bridgehead atoms. The quantitative estimate of drug-likeness (QED) is 0.792. The summed E-state index contributed by atoms with van der Waals surface area (Å²) < 4.78 is 32.3. The van der Waals surface area contributed by atoms with Gasteiger partial charge in [0.05, 0.1) is 13.3 Å². The Morgan fingerprint density at radius 3 is 2.54 bits per heavy atom. The first-order valence-corrected chi connectivity index (χ1v) is 9.47. The number of sulfone groups is 1. The molecule has 1 heterocycles. The summed E-state index contributed by atoms with van der Waals surface area (Å²) in [4.78, 5) is 13.8. The number of nitrogens with zero attached hydrogens (tertiary/aromatic N) is 4. The van der Waals surface area contributed by atoms with Gasteiger partial charge in [-0.2, -0.15) is 15.0 Å². The smallest absolute Gasteiger partial charge is 0.344 e. The predicted octanol–water partition coefficient (Wildman–Crippen LogP) is 2.21. The second-order valence-electron chi connectivity index (χ2n) is 5.47. The first kappa shape index (κ1) is 19.5. The Morgan fingerprint density at radius 1 is 1.35 bits per heavy atom. The summed E-state index contributed by atoms with van der Waals surface area (Å²) in [5, 5.41) is 12.8. The van der Waals surface area contributed by atoms with Crippen molar-refractivity contribution in [1.82, 2.24) is 14.7 Å². The average Bonchev–Trinajstić information content (AvgIpc) is 3.07. The monoisotopic (exact) mass is 376 g/mol. The minimum Gasteiger partial charge on any atom is -0.495 e. The van der Waals surface area contributed by atoms with Crippen LogP contribution in [0.4, 0.5) is 4.79 Å². The third-order valence-corrected chi connectivity index (χ3v) is 5.82. The van der Waals surface area contributed by atoms with Gasteiger partial charge in [0.1, 0.15) is 22.3 Å². The number of hydrogen-bond donors (Lipinski definition) is 0. The fraction of sp³-hybridized carbons (Fsp3) is 0.353. The summed E-state index contributed by atoms with van der Waals surface area (Å²) in [6.45, 7) is 6.09. The van der Waals surface area contributed by atoms with Crippen LogP contribution in [0.1, 0.15) is 25.0 Å². The first-order chi connectivity index (χ1) is 12.3. The SMILES string of the molecule is CCN(CC)C(=O)n1cc(C#N)c(S(=O)(=O)c2c(C)cccc2OC)n1. The summed E-state index contributed by atoms with van der Waals surface area (Å²) in [6, 6.07) is 6.12. The van der Waals surface area contributed by atoms with Crippen LogP contribution in [-0.2, 0) is 9.84 Å². The van der Waals surface area contributed by atoms with E-state index >= 15 is 0 Å². The van der Waals surface area contributed by atoms with E-state index in [4.69, 9.17) is 4.74 Å². The minimum absolute atomic E-state index is 0.0699. The van der Waals surface area contributed by atoms with Gasteiger partial charge in [-0.1, -0.05) is 12.1 Å². The number of nitriles is 1. The van der Waals surface area contributed by atoms with Gasteiger partial charge in [-0.15, -0.1) is 0 Å². The third-order valence-electron chi connectivity index (χ3n) is 3.95. The largest absolute Gasteiger partial charge is 0.495 e. The van der Waals surface area contributed by atoms with Crippen LogP contribution < -0.4 is 4.74 Å². The van der Waals surface area contributed by atoms with Crippen molar-refractivity contribution in [2.75, 3.05) is 20.2 Å². The van der Waals surface area contributed by atoms with E-state index in [-0.39, 0.29) is 16.2 Å². The summed E-state index contributed by atoms with van der Waals surface area (Å²) in [6.07, 6.45) is 1.14. The lowest BCUT2D eigenvalue weighted by Crippen LogP contribution is -2.34. The van der Waals surface area contributed by atoms with Crippen LogP contribution in [0.5, 0.6) is 5.75 Å². The number of ether oxygens (including phenoxy) is 1. The number of carbonyl (C=O) groups is 1. The van der Waals surface area contributed by atoms with Gasteiger partial charge in [-0.05, 0) is 32.4 Å². The van der Waals surface area contributed by atoms with E-state index in [1.807, 2.05) is 0 Å². The fourth-order valence-electron chi connectivity index (χ4n) is 2.60. The minimum atomic E-state index is -4.16. The zero-order valence-corrected chi connectivity index (χ0v) is 15.9. The van der Waals surface area contributed by atoms with Crippen molar-refractivity contribution >= 4 is 15.9 Å². The Hall–Kier alpha value is -2.86. The molecule has 0 spiro atoms. The summed E-state index contributed by atoms with van der Waals surface area (Å²) >= 11 is 0. The maximum Gasteiger partial charge on any atom is 0.344 e. The molecule has 0 unspecified atom stereocenters. The van der Waals surface area contributed by atoms with Gasteiger partial charge in [-0.3, -0.25) is 0 Å². The van der Waals surface area contributed by atoms with Crippen LogP contribution in [0.15, 0.2) is 34.3 Å². The normalized spacial score (nSPS) is 11.0. The topological polar surface area (TPSA) is 105 Å². The Labute approximate surface area is 152 Å². The Bertz CT molecular complexity index is 969. The maximum atomic E-state index is 13.1. The average molecular weight is 376 g/mol. The van der Waals surface area contributed by atoms with Gasteiger partial charge in [0.2, 0.25) is 9.84 Å². The van der Waals surface area contributed by atoms with E-state index in [9.17, 15) is 18.5 Å². The van der Waals surface area contributed by atoms with Crippen LogP contribution in [0.2, 0.25) is 0 Å². The lowest BCUT2D eigenvalue weighted by molar-refractivity contribution is 0.201. The highest BCUT2D eigenvalue weighted by Gasteiger charge is 2.31. The second-order valence-corrected chi connectivity index (χ2v) is 7.27. The van der Waals surface area contributed by atoms with Gasteiger partial charge in [0.15, 0.2) is 5.03 Å². The van der Waals surface area contributed by atoms with E-state index in [0.29, 0.717) is 18.7 Å². The number of methoxy groups -OCH3 is 1. The molecule has 26 heavy (non-hydrogen) atoms. The Balaban J connectivity index is 2.66. The molecule has 0 atom stereocenters. The van der Waals surface area contributed by atoms with Gasteiger partial charge < -0.3 is 9.64 Å². The molecule has 1 amide bonds. The summed E-state index contributed by atoms with van der Waals surface area (Å²) in [5.74, 6) is 0.151. The molecule has 0 N–H and O–H groups in total. The van der Waals surface area contributed by atoms with Crippen LogP contribution in [0.25, 0.3) is 0 Å². The third kappa shape index (κ3) is 3.28. The summed E-state index contributed by atoms with van der Waals surface area (Å²) in [7, 11) is -2.79. The number of rotatable bonds is 5. The van der Waals surface area contributed by atoms with Crippen LogP contribution in [0.3, 0.4) is 0 Å². The van der Waals surface area contributed by atoms with E-state index in [1.165, 1.54) is 18.1 Å². The lowest BCUT2D eigenvalue weighted by Gasteiger charge is -2.17. The number of aromatic nitrogens is 2. The van der Waals surface area contributed by atoms with Gasteiger partial charge >= 0.3 is 6.03 Å². The Morgan fingerprint density at radius 2 is 2.00 bits per heavy atom. The molecule has 2 aromatic rings. The molecule has 138 valence electrons. The molecular formula is C17H20N4O4S. The summed E-state index contributed by atoms with van der Waals surface area (Å²) in [5.41, 5.74) is 0.258. The molecule has 0 saturated heterocycles. The highest BCUT2D eigenvalue weighted by Crippen LogP contribution is 2.32. The van der Waals surface area contributed by atoms with Crippen molar-refractivity contribution in [1.29, 1.82) is 5.26 Å². The predicted molar refractivity (Wildman–Crippen MR) is 93.8 cm³/mol. The molecule has 2 rings (SSSR count). The molecule has 0 saturated carbocycles. The van der Waals surface area contributed by atoms with Crippen molar-refractivity contribution in [2.24, 2.45) is 0 Å². The first-order valence-electron chi connectivity index (χ1n) is 7.99. The van der Waals surface area contributed by atoms with Gasteiger partial charge in [0, 0.05) is 13.1 Å². The maximum absolute atomic E-state index is 13.1. The molecule has 0 aliphatic rings. The van der Waals surface area contributed by atoms with Crippen LogP contribution >= 0.6 is 0 Å². The van der Waals surface area contributed by atoms with E-state index in [0.717, 1.165) is 10.9 Å².